The lowest BCUT2D eigenvalue weighted by atomic mass is 10.2. The van der Waals surface area contributed by atoms with E-state index in [1.165, 1.54) is 13.2 Å². The van der Waals surface area contributed by atoms with Crippen molar-refractivity contribution in [3.8, 4) is 5.75 Å². The second-order valence-corrected chi connectivity index (χ2v) is 3.72. The van der Waals surface area contributed by atoms with Crippen LogP contribution >= 0.6 is 0 Å². The SMILES string of the molecule is COc1cc(NCc2cn[nH]c2C)ccc1F. The van der Waals surface area contributed by atoms with E-state index in [2.05, 4.69) is 15.5 Å². The minimum Gasteiger partial charge on any atom is -0.494 e. The normalized spacial score (nSPS) is 10.3. The summed E-state index contributed by atoms with van der Waals surface area (Å²) in [7, 11) is 1.45. The maximum absolute atomic E-state index is 13.2. The highest BCUT2D eigenvalue weighted by Crippen LogP contribution is 2.21. The number of H-pyrrole nitrogens is 1. The van der Waals surface area contributed by atoms with Crippen molar-refractivity contribution in [1.82, 2.24) is 10.2 Å². The lowest BCUT2D eigenvalue weighted by molar-refractivity contribution is 0.387. The summed E-state index contributed by atoms with van der Waals surface area (Å²) in [5.74, 6) is -0.128. The van der Waals surface area contributed by atoms with E-state index < -0.39 is 0 Å². The number of halogens is 1. The van der Waals surface area contributed by atoms with E-state index in [1.807, 2.05) is 6.92 Å². The molecule has 0 aliphatic carbocycles. The molecule has 0 saturated heterocycles. The van der Waals surface area contributed by atoms with Gasteiger partial charge in [0.05, 0.1) is 13.3 Å². The zero-order valence-corrected chi connectivity index (χ0v) is 9.75. The van der Waals surface area contributed by atoms with Crippen molar-refractivity contribution < 1.29 is 9.13 Å². The van der Waals surface area contributed by atoms with Gasteiger partial charge in [-0.15, -0.1) is 0 Å². The molecular formula is C12H14FN3O. The van der Waals surface area contributed by atoms with Crippen LogP contribution in [0.5, 0.6) is 5.75 Å². The average molecular weight is 235 g/mol. The highest BCUT2D eigenvalue weighted by molar-refractivity contribution is 5.49. The van der Waals surface area contributed by atoms with Gasteiger partial charge < -0.3 is 10.1 Å². The van der Waals surface area contributed by atoms with Crippen LogP contribution in [0.4, 0.5) is 10.1 Å². The Balaban J connectivity index is 2.07. The Hall–Kier alpha value is -2.04. The number of aromatic nitrogens is 2. The number of hydrogen-bond acceptors (Lipinski definition) is 3. The van der Waals surface area contributed by atoms with Gasteiger partial charge in [-0.05, 0) is 19.1 Å². The molecule has 0 saturated carbocycles. The molecule has 0 aliphatic rings. The summed E-state index contributed by atoms with van der Waals surface area (Å²) in [6.45, 7) is 2.59. The molecule has 0 atom stereocenters. The number of nitrogens with zero attached hydrogens (tertiary/aromatic N) is 1. The van der Waals surface area contributed by atoms with Crippen molar-refractivity contribution in [2.75, 3.05) is 12.4 Å². The number of aryl methyl sites for hydroxylation is 1. The van der Waals surface area contributed by atoms with Crippen LogP contribution in [0.15, 0.2) is 24.4 Å². The van der Waals surface area contributed by atoms with E-state index in [9.17, 15) is 4.39 Å². The third kappa shape index (κ3) is 2.55. The summed E-state index contributed by atoms with van der Waals surface area (Å²) >= 11 is 0. The fourth-order valence-corrected chi connectivity index (χ4v) is 1.52. The van der Waals surface area contributed by atoms with Gasteiger partial charge in [-0.2, -0.15) is 5.10 Å². The largest absolute Gasteiger partial charge is 0.494 e. The van der Waals surface area contributed by atoms with Gasteiger partial charge in [-0.3, -0.25) is 5.10 Å². The Morgan fingerprint density at radius 3 is 2.94 bits per heavy atom. The Morgan fingerprint density at radius 2 is 2.29 bits per heavy atom. The minimum atomic E-state index is -0.363. The van der Waals surface area contributed by atoms with Crippen molar-refractivity contribution in [2.24, 2.45) is 0 Å². The average Bonchev–Trinajstić information content (AvgIpc) is 2.74. The molecule has 0 fully saturated rings. The van der Waals surface area contributed by atoms with Gasteiger partial charge in [0.15, 0.2) is 11.6 Å². The number of methoxy groups -OCH3 is 1. The zero-order chi connectivity index (χ0) is 12.3. The van der Waals surface area contributed by atoms with Crippen LogP contribution in [0, 0.1) is 12.7 Å². The lowest BCUT2D eigenvalue weighted by Crippen LogP contribution is -2.00. The molecule has 2 aromatic rings. The van der Waals surface area contributed by atoms with Crippen molar-refractivity contribution in [1.29, 1.82) is 0 Å². The molecule has 90 valence electrons. The summed E-state index contributed by atoms with van der Waals surface area (Å²) in [5, 5.41) is 9.98. The topological polar surface area (TPSA) is 49.9 Å². The van der Waals surface area contributed by atoms with Crippen LogP contribution in [0.2, 0.25) is 0 Å². The summed E-state index contributed by atoms with van der Waals surface area (Å²) < 4.78 is 18.1. The predicted octanol–water partition coefficient (Wildman–Crippen LogP) is 2.48. The summed E-state index contributed by atoms with van der Waals surface area (Å²) in [6, 6.07) is 4.68. The van der Waals surface area contributed by atoms with Gasteiger partial charge in [-0.1, -0.05) is 0 Å². The maximum Gasteiger partial charge on any atom is 0.165 e. The van der Waals surface area contributed by atoms with Gasteiger partial charge >= 0.3 is 0 Å². The van der Waals surface area contributed by atoms with E-state index in [-0.39, 0.29) is 11.6 Å². The van der Waals surface area contributed by atoms with Crippen LogP contribution < -0.4 is 10.1 Å². The maximum atomic E-state index is 13.2. The number of rotatable bonds is 4. The van der Waals surface area contributed by atoms with Crippen molar-refractivity contribution in [3.63, 3.8) is 0 Å². The van der Waals surface area contributed by atoms with Crippen molar-refractivity contribution in [3.05, 3.63) is 41.5 Å². The van der Waals surface area contributed by atoms with Gasteiger partial charge in [0.25, 0.3) is 0 Å². The predicted molar refractivity (Wildman–Crippen MR) is 63.6 cm³/mol. The molecule has 0 spiro atoms. The number of hydrogen-bond donors (Lipinski definition) is 2. The van der Waals surface area contributed by atoms with Gasteiger partial charge in [-0.25, -0.2) is 4.39 Å². The molecule has 1 aromatic carbocycles. The standard InChI is InChI=1S/C12H14FN3O/c1-8-9(7-15-16-8)6-14-10-3-4-11(13)12(5-10)17-2/h3-5,7,14H,6H2,1-2H3,(H,15,16). The first-order valence-electron chi connectivity index (χ1n) is 5.27. The Bertz CT molecular complexity index is 510. The second-order valence-electron chi connectivity index (χ2n) is 3.72. The van der Waals surface area contributed by atoms with Crippen molar-refractivity contribution in [2.45, 2.75) is 13.5 Å². The highest BCUT2D eigenvalue weighted by Gasteiger charge is 2.04. The van der Waals surface area contributed by atoms with Gasteiger partial charge in [0, 0.05) is 29.6 Å². The third-order valence-electron chi connectivity index (χ3n) is 2.57. The molecule has 0 aliphatic heterocycles. The van der Waals surface area contributed by atoms with E-state index in [1.54, 1.807) is 18.3 Å². The van der Waals surface area contributed by atoms with Crippen LogP contribution in [-0.4, -0.2) is 17.3 Å². The Labute approximate surface area is 98.8 Å². The first kappa shape index (κ1) is 11.4. The molecule has 2 N–H and O–H groups in total. The fourth-order valence-electron chi connectivity index (χ4n) is 1.52. The second kappa shape index (κ2) is 4.86. The molecule has 0 bridgehead atoms. The Morgan fingerprint density at radius 1 is 1.47 bits per heavy atom. The van der Waals surface area contributed by atoms with Gasteiger partial charge in [0.1, 0.15) is 0 Å². The number of ether oxygens (including phenoxy) is 1. The zero-order valence-electron chi connectivity index (χ0n) is 9.75. The summed E-state index contributed by atoms with van der Waals surface area (Å²) in [6.07, 6.45) is 1.77. The highest BCUT2D eigenvalue weighted by atomic mass is 19.1. The summed E-state index contributed by atoms with van der Waals surface area (Å²) in [4.78, 5) is 0. The smallest absolute Gasteiger partial charge is 0.165 e. The van der Waals surface area contributed by atoms with Gasteiger partial charge in [0.2, 0.25) is 0 Å². The van der Waals surface area contributed by atoms with Crippen LogP contribution in [0.3, 0.4) is 0 Å². The molecule has 1 heterocycles. The number of anilines is 1. The van der Waals surface area contributed by atoms with Crippen LogP contribution in [-0.2, 0) is 6.54 Å². The lowest BCUT2D eigenvalue weighted by Gasteiger charge is -2.08. The molecule has 0 radical (unpaired) electrons. The molecule has 4 nitrogen and oxygen atoms in total. The Kier molecular flexibility index (Phi) is 3.27. The molecule has 2 rings (SSSR count). The van der Waals surface area contributed by atoms with E-state index in [0.717, 1.165) is 16.9 Å². The quantitative estimate of drug-likeness (QED) is 0.856. The van der Waals surface area contributed by atoms with Crippen molar-refractivity contribution >= 4 is 5.69 Å². The van der Waals surface area contributed by atoms with Crippen LogP contribution in [0.1, 0.15) is 11.3 Å². The minimum absolute atomic E-state index is 0.235. The van der Waals surface area contributed by atoms with E-state index in [4.69, 9.17) is 4.74 Å². The molecule has 5 heteroatoms. The number of nitrogens with one attached hydrogen (secondary N) is 2. The molecule has 1 aromatic heterocycles. The molecule has 0 unspecified atom stereocenters. The number of benzene rings is 1. The fraction of sp³-hybridized carbons (Fsp3) is 0.250. The monoisotopic (exact) mass is 235 g/mol. The first-order chi connectivity index (χ1) is 8.20. The number of aromatic amines is 1. The third-order valence-corrected chi connectivity index (χ3v) is 2.57. The molecular weight excluding hydrogens is 221 g/mol. The van der Waals surface area contributed by atoms with E-state index in [0.29, 0.717) is 6.54 Å². The van der Waals surface area contributed by atoms with Crippen LogP contribution in [0.25, 0.3) is 0 Å². The molecule has 0 amide bonds. The van der Waals surface area contributed by atoms with E-state index >= 15 is 0 Å². The first-order valence-corrected chi connectivity index (χ1v) is 5.27. The molecule has 17 heavy (non-hydrogen) atoms. The summed E-state index contributed by atoms with van der Waals surface area (Å²) in [5.41, 5.74) is 2.91.